The number of amides is 2. The van der Waals surface area contributed by atoms with Crippen LogP contribution in [0.5, 0.6) is 0 Å². The van der Waals surface area contributed by atoms with Gasteiger partial charge in [0.1, 0.15) is 0 Å². The number of nitrogens with two attached hydrogens (primary N) is 2. The topological polar surface area (TPSA) is 129 Å². The molecular weight excluding hydrogens is 584 g/mol. The molecule has 0 radical (unpaired) electrons. The third kappa shape index (κ3) is 7.38. The number of amidine groups is 1. The molecule has 2 heterocycles. The van der Waals surface area contributed by atoms with Gasteiger partial charge in [-0.2, -0.15) is 0 Å². The van der Waals surface area contributed by atoms with Gasteiger partial charge in [0, 0.05) is 48.0 Å². The smallest absolute Gasteiger partial charge is 0.248 e. The van der Waals surface area contributed by atoms with Crippen LogP contribution in [0, 0.1) is 22.7 Å². The van der Waals surface area contributed by atoms with E-state index in [4.69, 9.17) is 16.9 Å². The van der Waals surface area contributed by atoms with Crippen LogP contribution < -0.4 is 21.7 Å². The molecule has 8 nitrogen and oxygen atoms in total. The van der Waals surface area contributed by atoms with Crippen LogP contribution in [0.25, 0.3) is 0 Å². The molecule has 2 saturated heterocycles. The lowest BCUT2D eigenvalue weighted by Crippen LogP contribution is -2.51. The van der Waals surface area contributed by atoms with Crippen molar-refractivity contribution in [2.24, 2.45) is 28.7 Å². The van der Waals surface area contributed by atoms with E-state index in [1.165, 1.54) is 76.3 Å². The molecule has 4 fully saturated rings. The number of likely N-dealkylation sites (tertiary alicyclic amines) is 1. The monoisotopic (exact) mass is 640 g/mol. The highest BCUT2D eigenvalue weighted by molar-refractivity contribution is 5.96. The third-order valence-corrected chi connectivity index (χ3v) is 12.3. The van der Waals surface area contributed by atoms with E-state index in [1.54, 1.807) is 12.1 Å². The fraction of sp³-hybridized carbons (Fsp3) is 0.615. The zero-order valence-electron chi connectivity index (χ0n) is 28.4. The molecule has 47 heavy (non-hydrogen) atoms. The molecule has 6 rings (SSSR count). The lowest BCUT2D eigenvalue weighted by molar-refractivity contribution is -0.121. The molecular formula is C39H56N6O2. The number of hydrogen-bond donors (Lipinski definition) is 4. The second-order valence-corrected chi connectivity index (χ2v) is 15.1. The summed E-state index contributed by atoms with van der Waals surface area (Å²) in [5.74, 6) is 0.478. The van der Waals surface area contributed by atoms with Crippen molar-refractivity contribution in [1.82, 2.24) is 4.90 Å². The Bertz CT molecular complexity index is 1400. The molecule has 2 aliphatic heterocycles. The first-order chi connectivity index (χ1) is 22.7. The number of hydrogen-bond acceptors (Lipinski definition) is 5. The summed E-state index contributed by atoms with van der Waals surface area (Å²) in [6, 6.07) is 16.3. The van der Waals surface area contributed by atoms with Crippen LogP contribution in [0.2, 0.25) is 0 Å². The van der Waals surface area contributed by atoms with E-state index in [2.05, 4.69) is 40.2 Å². The van der Waals surface area contributed by atoms with Gasteiger partial charge in [-0.05, 0) is 106 Å². The normalized spacial score (nSPS) is 29.3. The summed E-state index contributed by atoms with van der Waals surface area (Å²) in [4.78, 5) is 31.3. The van der Waals surface area contributed by atoms with Gasteiger partial charge >= 0.3 is 0 Å². The van der Waals surface area contributed by atoms with Crippen molar-refractivity contribution in [2.45, 2.75) is 128 Å². The lowest BCUT2D eigenvalue weighted by atomic mass is 9.58. The summed E-state index contributed by atoms with van der Waals surface area (Å²) in [7, 11) is 0. The molecule has 2 saturated carbocycles. The van der Waals surface area contributed by atoms with Crippen LogP contribution in [0.3, 0.4) is 0 Å². The van der Waals surface area contributed by atoms with Gasteiger partial charge in [0.25, 0.3) is 0 Å². The molecule has 8 heteroatoms. The van der Waals surface area contributed by atoms with E-state index in [-0.39, 0.29) is 35.2 Å². The van der Waals surface area contributed by atoms with Crippen molar-refractivity contribution >= 4 is 29.0 Å². The molecule has 5 atom stereocenters. The number of primary amides is 1. The van der Waals surface area contributed by atoms with Gasteiger partial charge < -0.3 is 21.7 Å². The second kappa shape index (κ2) is 14.8. The number of fused-ring (bicyclic) bond motifs is 1. The molecule has 0 bridgehead atoms. The molecule has 2 aliphatic carbocycles. The highest BCUT2D eigenvalue weighted by Gasteiger charge is 2.59. The van der Waals surface area contributed by atoms with Crippen molar-refractivity contribution in [3.63, 3.8) is 0 Å². The summed E-state index contributed by atoms with van der Waals surface area (Å²) in [5, 5.41) is 11.8. The molecule has 2 amide bonds. The van der Waals surface area contributed by atoms with Gasteiger partial charge in [0.2, 0.25) is 11.8 Å². The number of rotatable bonds is 8. The van der Waals surface area contributed by atoms with Gasteiger partial charge in [-0.15, -0.1) is 0 Å². The fourth-order valence-electron chi connectivity index (χ4n) is 9.69. The Hall–Kier alpha value is -3.39. The summed E-state index contributed by atoms with van der Waals surface area (Å²) < 4.78 is 0. The van der Waals surface area contributed by atoms with Crippen LogP contribution in [0.4, 0.5) is 11.4 Å². The first kappa shape index (κ1) is 33.5. The molecule has 2 aromatic carbocycles. The molecule has 0 aromatic heterocycles. The van der Waals surface area contributed by atoms with Crippen molar-refractivity contribution in [3.05, 3.63) is 59.7 Å². The molecule has 4 unspecified atom stereocenters. The maximum atomic E-state index is 14.6. The van der Waals surface area contributed by atoms with Crippen LogP contribution in [0.1, 0.15) is 119 Å². The average molecular weight is 641 g/mol. The van der Waals surface area contributed by atoms with Crippen molar-refractivity contribution in [1.29, 1.82) is 5.41 Å². The van der Waals surface area contributed by atoms with Crippen molar-refractivity contribution in [2.75, 3.05) is 16.8 Å². The second-order valence-electron chi connectivity index (χ2n) is 15.1. The highest BCUT2D eigenvalue weighted by Crippen LogP contribution is 2.58. The Morgan fingerprint density at radius 3 is 2.26 bits per heavy atom. The molecule has 2 aromatic rings. The molecule has 6 N–H and O–H groups in total. The van der Waals surface area contributed by atoms with Crippen LogP contribution in [0.15, 0.2) is 48.5 Å². The van der Waals surface area contributed by atoms with E-state index in [0.717, 1.165) is 43.5 Å². The standard InChI is InChI=1S/C39H56N6O2/c1-27-11-10-22-44(27)33-15-9-14-32(24-33)43-38(47)34-25-39(31-12-7-5-3-2-4-6-8-13-31)21-20-30(36(40)41)23-35(39)45(34)26-28-16-18-29(19-17-28)37(42)46/h9,14-19,24,27,30-31,34-35H,2-8,10-13,20-23,25-26H2,1H3,(H3,40,41)(H2,42,46)(H,43,47)/t27-,30?,34?,35?,39?/m0/s1. The number of nitrogens with zero attached hydrogens (tertiary/aromatic N) is 2. The Morgan fingerprint density at radius 1 is 0.915 bits per heavy atom. The van der Waals surface area contributed by atoms with Gasteiger partial charge in [-0.3, -0.25) is 19.9 Å². The summed E-state index contributed by atoms with van der Waals surface area (Å²) in [5.41, 5.74) is 15.3. The van der Waals surface area contributed by atoms with Gasteiger partial charge in [-0.25, -0.2) is 0 Å². The number of benzene rings is 2. The quantitative estimate of drug-likeness (QED) is 0.179. The predicted molar refractivity (Wildman–Crippen MR) is 191 cm³/mol. The minimum absolute atomic E-state index is 0.00709. The average Bonchev–Trinajstić information content (AvgIpc) is 3.65. The maximum Gasteiger partial charge on any atom is 0.248 e. The Labute approximate surface area is 281 Å². The maximum absolute atomic E-state index is 14.6. The van der Waals surface area contributed by atoms with E-state index < -0.39 is 5.91 Å². The first-order valence-corrected chi connectivity index (χ1v) is 18.4. The Kier molecular flexibility index (Phi) is 10.5. The lowest BCUT2D eigenvalue weighted by Gasteiger charge is -2.49. The van der Waals surface area contributed by atoms with Gasteiger partial charge in [-0.1, -0.05) is 63.1 Å². The van der Waals surface area contributed by atoms with E-state index in [0.29, 0.717) is 24.1 Å². The van der Waals surface area contributed by atoms with E-state index in [9.17, 15) is 9.59 Å². The molecule has 0 spiro atoms. The number of anilines is 2. The summed E-state index contributed by atoms with van der Waals surface area (Å²) in [6.45, 7) is 3.93. The number of carbonyl (C=O) groups is 2. The minimum Gasteiger partial charge on any atom is -0.387 e. The largest absolute Gasteiger partial charge is 0.387 e. The SMILES string of the molecule is C[C@H]1CCCN1c1cccc(NC(=O)C2CC3(C4CCCCCCCCC4)CCC(C(=N)N)CC3N2Cc2ccc(C(N)=O)cc2)c1. The highest BCUT2D eigenvalue weighted by atomic mass is 16.2. The van der Waals surface area contributed by atoms with Gasteiger partial charge in [0.05, 0.1) is 11.9 Å². The summed E-state index contributed by atoms with van der Waals surface area (Å²) >= 11 is 0. The van der Waals surface area contributed by atoms with Crippen molar-refractivity contribution in [3.8, 4) is 0 Å². The van der Waals surface area contributed by atoms with Crippen LogP contribution >= 0.6 is 0 Å². The van der Waals surface area contributed by atoms with E-state index >= 15 is 0 Å². The van der Waals surface area contributed by atoms with Gasteiger partial charge in [0.15, 0.2) is 0 Å². The van der Waals surface area contributed by atoms with Crippen LogP contribution in [-0.4, -0.2) is 47.2 Å². The molecule has 254 valence electrons. The summed E-state index contributed by atoms with van der Waals surface area (Å²) in [6.07, 6.45) is 17.5. The third-order valence-electron chi connectivity index (χ3n) is 12.3. The number of nitrogens with one attached hydrogen (secondary N) is 2. The van der Waals surface area contributed by atoms with Crippen molar-refractivity contribution < 1.29 is 9.59 Å². The Balaban J connectivity index is 1.34. The zero-order chi connectivity index (χ0) is 33.0. The first-order valence-electron chi connectivity index (χ1n) is 18.4. The predicted octanol–water partition coefficient (Wildman–Crippen LogP) is 7.22. The minimum atomic E-state index is -0.438. The Morgan fingerprint density at radius 2 is 1.62 bits per heavy atom. The zero-order valence-corrected chi connectivity index (χ0v) is 28.4. The fourth-order valence-corrected chi connectivity index (χ4v) is 9.69. The molecule has 4 aliphatic rings. The van der Waals surface area contributed by atoms with Crippen LogP contribution in [-0.2, 0) is 11.3 Å². The number of carbonyl (C=O) groups excluding carboxylic acids is 2. The van der Waals surface area contributed by atoms with E-state index in [1.807, 2.05) is 18.2 Å².